The van der Waals surface area contributed by atoms with E-state index < -0.39 is 5.97 Å². The van der Waals surface area contributed by atoms with E-state index in [4.69, 9.17) is 22.1 Å². The van der Waals surface area contributed by atoms with Crippen molar-refractivity contribution < 1.29 is 14.3 Å². The van der Waals surface area contributed by atoms with Gasteiger partial charge in [0.2, 0.25) is 0 Å². The standard InChI is InChI=1S/C10H12ClNO3/c1-14-10(13)8-3-2-7(11)6-9(8)15-5-4-12/h2-3,6H,4-5,12H2,1H3. The number of halogens is 1. The monoisotopic (exact) mass is 229 g/mol. The maximum atomic E-state index is 11.3. The zero-order valence-electron chi connectivity index (χ0n) is 8.33. The molecular weight excluding hydrogens is 218 g/mol. The second-order valence-corrected chi connectivity index (χ2v) is 3.21. The number of rotatable bonds is 4. The van der Waals surface area contributed by atoms with Crippen LogP contribution in [0.3, 0.4) is 0 Å². The first-order valence-electron chi connectivity index (χ1n) is 4.39. The highest BCUT2D eigenvalue weighted by Crippen LogP contribution is 2.23. The van der Waals surface area contributed by atoms with Crippen LogP contribution in [0.2, 0.25) is 5.02 Å². The van der Waals surface area contributed by atoms with Gasteiger partial charge in [-0.25, -0.2) is 4.79 Å². The molecule has 15 heavy (non-hydrogen) atoms. The van der Waals surface area contributed by atoms with Crippen molar-refractivity contribution in [3.63, 3.8) is 0 Å². The average Bonchev–Trinajstić information content (AvgIpc) is 2.25. The summed E-state index contributed by atoms with van der Waals surface area (Å²) < 4.78 is 9.88. The summed E-state index contributed by atoms with van der Waals surface area (Å²) in [6.45, 7) is 0.692. The molecule has 0 saturated carbocycles. The van der Waals surface area contributed by atoms with Gasteiger partial charge in [-0.1, -0.05) is 11.6 Å². The minimum atomic E-state index is -0.460. The lowest BCUT2D eigenvalue weighted by molar-refractivity contribution is 0.0596. The maximum Gasteiger partial charge on any atom is 0.341 e. The molecule has 1 aromatic rings. The summed E-state index contributed by atoms with van der Waals surface area (Å²) in [6.07, 6.45) is 0. The van der Waals surface area contributed by atoms with Crippen molar-refractivity contribution in [1.29, 1.82) is 0 Å². The highest BCUT2D eigenvalue weighted by atomic mass is 35.5. The number of benzene rings is 1. The fourth-order valence-electron chi connectivity index (χ4n) is 1.06. The van der Waals surface area contributed by atoms with E-state index in [1.807, 2.05) is 0 Å². The maximum absolute atomic E-state index is 11.3. The molecule has 2 N–H and O–H groups in total. The van der Waals surface area contributed by atoms with Crippen LogP contribution in [0.4, 0.5) is 0 Å². The van der Waals surface area contributed by atoms with Gasteiger partial charge in [-0.15, -0.1) is 0 Å². The lowest BCUT2D eigenvalue weighted by atomic mass is 10.2. The molecule has 0 aliphatic carbocycles. The Morgan fingerprint density at radius 2 is 2.27 bits per heavy atom. The fourth-order valence-corrected chi connectivity index (χ4v) is 1.23. The van der Waals surface area contributed by atoms with Crippen molar-refractivity contribution in [1.82, 2.24) is 0 Å². The molecule has 0 aromatic heterocycles. The summed E-state index contributed by atoms with van der Waals surface area (Å²) in [6, 6.07) is 4.71. The lowest BCUT2D eigenvalue weighted by Crippen LogP contribution is -2.13. The van der Waals surface area contributed by atoms with E-state index in [0.717, 1.165) is 0 Å². The number of nitrogens with two attached hydrogens (primary N) is 1. The first kappa shape index (κ1) is 11.8. The van der Waals surface area contributed by atoms with Crippen molar-refractivity contribution >= 4 is 17.6 Å². The van der Waals surface area contributed by atoms with Crippen molar-refractivity contribution in [2.45, 2.75) is 0 Å². The van der Waals surface area contributed by atoms with Crippen LogP contribution in [0.25, 0.3) is 0 Å². The van der Waals surface area contributed by atoms with Gasteiger partial charge in [0.25, 0.3) is 0 Å². The summed E-state index contributed by atoms with van der Waals surface area (Å²) in [4.78, 5) is 11.3. The minimum Gasteiger partial charge on any atom is -0.491 e. The van der Waals surface area contributed by atoms with E-state index in [1.165, 1.54) is 7.11 Å². The molecule has 5 heteroatoms. The molecule has 1 rings (SSSR count). The molecule has 0 amide bonds. The number of esters is 1. The van der Waals surface area contributed by atoms with Crippen LogP contribution in [-0.2, 0) is 4.74 Å². The molecule has 4 nitrogen and oxygen atoms in total. The molecule has 0 heterocycles. The van der Waals surface area contributed by atoms with Gasteiger partial charge in [0.15, 0.2) is 0 Å². The number of ether oxygens (including phenoxy) is 2. The summed E-state index contributed by atoms with van der Waals surface area (Å²) in [7, 11) is 1.31. The van der Waals surface area contributed by atoms with E-state index in [-0.39, 0.29) is 0 Å². The third-order valence-corrected chi connectivity index (χ3v) is 1.96. The van der Waals surface area contributed by atoms with Crippen molar-refractivity contribution in [2.75, 3.05) is 20.3 Å². The van der Waals surface area contributed by atoms with Crippen LogP contribution >= 0.6 is 11.6 Å². The quantitative estimate of drug-likeness (QED) is 0.795. The predicted molar refractivity (Wildman–Crippen MR) is 57.3 cm³/mol. The Labute approximate surface area is 92.9 Å². The summed E-state index contributed by atoms with van der Waals surface area (Å²) in [5.41, 5.74) is 5.64. The predicted octanol–water partition coefficient (Wildman–Crippen LogP) is 1.46. The second-order valence-electron chi connectivity index (χ2n) is 2.77. The third-order valence-electron chi connectivity index (χ3n) is 1.72. The van der Waals surface area contributed by atoms with Gasteiger partial charge in [0.1, 0.15) is 17.9 Å². The fraction of sp³-hybridized carbons (Fsp3) is 0.300. The Kier molecular flexibility index (Phi) is 4.39. The van der Waals surface area contributed by atoms with Crippen LogP contribution in [0.15, 0.2) is 18.2 Å². The summed E-state index contributed by atoms with van der Waals surface area (Å²) in [5.74, 6) is -0.0708. The molecule has 0 atom stereocenters. The molecule has 0 spiro atoms. The van der Waals surface area contributed by atoms with E-state index >= 15 is 0 Å². The topological polar surface area (TPSA) is 61.5 Å². The Morgan fingerprint density at radius 1 is 1.53 bits per heavy atom. The number of methoxy groups -OCH3 is 1. The van der Waals surface area contributed by atoms with E-state index in [9.17, 15) is 4.79 Å². The molecule has 0 bridgehead atoms. The van der Waals surface area contributed by atoms with Crippen LogP contribution in [0, 0.1) is 0 Å². The molecule has 0 aliphatic rings. The molecule has 0 unspecified atom stereocenters. The number of hydrogen-bond donors (Lipinski definition) is 1. The average molecular weight is 230 g/mol. The smallest absolute Gasteiger partial charge is 0.341 e. The molecule has 0 aliphatic heterocycles. The van der Waals surface area contributed by atoms with Gasteiger partial charge >= 0.3 is 5.97 Å². The Balaban J connectivity index is 2.97. The largest absolute Gasteiger partial charge is 0.491 e. The van der Waals surface area contributed by atoms with E-state index in [0.29, 0.717) is 29.5 Å². The van der Waals surface area contributed by atoms with Crippen LogP contribution in [-0.4, -0.2) is 26.2 Å². The van der Waals surface area contributed by atoms with Gasteiger partial charge in [0, 0.05) is 11.6 Å². The van der Waals surface area contributed by atoms with Crippen LogP contribution in [0.5, 0.6) is 5.75 Å². The minimum absolute atomic E-state index is 0.324. The Hall–Kier alpha value is -1.26. The van der Waals surface area contributed by atoms with Gasteiger partial charge in [0.05, 0.1) is 7.11 Å². The van der Waals surface area contributed by atoms with Crippen molar-refractivity contribution in [3.05, 3.63) is 28.8 Å². The molecule has 0 saturated heterocycles. The Morgan fingerprint density at radius 3 is 2.87 bits per heavy atom. The lowest BCUT2D eigenvalue weighted by Gasteiger charge is -2.09. The Bertz CT molecular complexity index is 355. The van der Waals surface area contributed by atoms with Crippen LogP contribution in [0.1, 0.15) is 10.4 Å². The van der Waals surface area contributed by atoms with E-state index in [1.54, 1.807) is 18.2 Å². The molecule has 0 fully saturated rings. The first-order chi connectivity index (χ1) is 7.19. The van der Waals surface area contributed by atoms with Gasteiger partial charge < -0.3 is 15.2 Å². The normalized spacial score (nSPS) is 9.80. The van der Waals surface area contributed by atoms with Crippen molar-refractivity contribution in [2.24, 2.45) is 5.73 Å². The summed E-state index contributed by atoms with van der Waals surface area (Å²) >= 11 is 5.78. The SMILES string of the molecule is COC(=O)c1ccc(Cl)cc1OCCN. The number of hydrogen-bond acceptors (Lipinski definition) is 4. The third kappa shape index (κ3) is 3.11. The molecule has 82 valence electrons. The molecule has 0 radical (unpaired) electrons. The van der Waals surface area contributed by atoms with Gasteiger partial charge in [-0.05, 0) is 18.2 Å². The first-order valence-corrected chi connectivity index (χ1v) is 4.77. The zero-order chi connectivity index (χ0) is 11.3. The number of carbonyl (C=O) groups is 1. The highest BCUT2D eigenvalue weighted by molar-refractivity contribution is 6.30. The van der Waals surface area contributed by atoms with Crippen LogP contribution < -0.4 is 10.5 Å². The van der Waals surface area contributed by atoms with Gasteiger partial charge in [-0.3, -0.25) is 0 Å². The second kappa shape index (κ2) is 5.58. The summed E-state index contributed by atoms with van der Waals surface area (Å²) in [5, 5.41) is 0.495. The van der Waals surface area contributed by atoms with E-state index in [2.05, 4.69) is 4.74 Å². The highest BCUT2D eigenvalue weighted by Gasteiger charge is 2.13. The zero-order valence-corrected chi connectivity index (χ0v) is 9.08. The van der Waals surface area contributed by atoms with Gasteiger partial charge in [-0.2, -0.15) is 0 Å². The number of carbonyl (C=O) groups excluding carboxylic acids is 1. The van der Waals surface area contributed by atoms with Crippen molar-refractivity contribution in [3.8, 4) is 5.75 Å². The molecule has 1 aromatic carbocycles. The molecular formula is C10H12ClNO3.